The van der Waals surface area contributed by atoms with Gasteiger partial charge in [0, 0.05) is 20.0 Å². The molecule has 1 aromatic heterocycles. The Morgan fingerprint density at radius 1 is 1.55 bits per heavy atom. The SMILES string of the molecule is Cc1nnc(CNCCN)o1. The molecule has 0 bridgehead atoms. The van der Waals surface area contributed by atoms with Gasteiger partial charge in [-0.25, -0.2) is 0 Å². The maximum atomic E-state index is 5.27. The van der Waals surface area contributed by atoms with Crippen molar-refractivity contribution in [2.45, 2.75) is 13.5 Å². The highest BCUT2D eigenvalue weighted by atomic mass is 16.4. The van der Waals surface area contributed by atoms with E-state index in [4.69, 9.17) is 10.2 Å². The highest BCUT2D eigenvalue weighted by Crippen LogP contribution is 1.95. The molecule has 1 aromatic rings. The van der Waals surface area contributed by atoms with Crippen molar-refractivity contribution in [1.82, 2.24) is 15.5 Å². The fraction of sp³-hybridized carbons (Fsp3) is 0.667. The summed E-state index contributed by atoms with van der Waals surface area (Å²) >= 11 is 0. The first-order valence-electron chi connectivity index (χ1n) is 3.52. The van der Waals surface area contributed by atoms with Crippen LogP contribution in [0.25, 0.3) is 0 Å². The quantitative estimate of drug-likeness (QED) is 0.571. The van der Waals surface area contributed by atoms with Crippen molar-refractivity contribution in [2.75, 3.05) is 13.1 Å². The smallest absolute Gasteiger partial charge is 0.230 e. The fourth-order valence-corrected chi connectivity index (χ4v) is 0.706. The van der Waals surface area contributed by atoms with Gasteiger partial charge in [0.2, 0.25) is 11.8 Å². The lowest BCUT2D eigenvalue weighted by Gasteiger charge is -1.95. The van der Waals surface area contributed by atoms with Crippen molar-refractivity contribution < 1.29 is 4.42 Å². The van der Waals surface area contributed by atoms with E-state index in [0.717, 1.165) is 6.54 Å². The van der Waals surface area contributed by atoms with E-state index in [9.17, 15) is 0 Å². The van der Waals surface area contributed by atoms with E-state index in [1.165, 1.54) is 0 Å². The molecular formula is C6H12N4O. The number of hydrogen-bond donors (Lipinski definition) is 2. The molecule has 5 nitrogen and oxygen atoms in total. The molecule has 0 saturated heterocycles. The minimum absolute atomic E-state index is 0.592. The van der Waals surface area contributed by atoms with Gasteiger partial charge in [0.15, 0.2) is 0 Å². The highest BCUT2D eigenvalue weighted by molar-refractivity contribution is 4.77. The van der Waals surface area contributed by atoms with Crippen molar-refractivity contribution in [3.05, 3.63) is 11.8 Å². The Morgan fingerprint density at radius 3 is 2.91 bits per heavy atom. The largest absolute Gasteiger partial charge is 0.424 e. The molecule has 0 spiro atoms. The van der Waals surface area contributed by atoms with E-state index < -0.39 is 0 Å². The van der Waals surface area contributed by atoms with Crippen LogP contribution in [0.4, 0.5) is 0 Å². The molecule has 0 aliphatic heterocycles. The van der Waals surface area contributed by atoms with Gasteiger partial charge in [0.05, 0.1) is 6.54 Å². The van der Waals surface area contributed by atoms with Crippen LogP contribution in [-0.2, 0) is 6.54 Å². The van der Waals surface area contributed by atoms with Gasteiger partial charge >= 0.3 is 0 Å². The molecule has 0 atom stereocenters. The van der Waals surface area contributed by atoms with Crippen LogP contribution in [0.5, 0.6) is 0 Å². The number of nitrogens with zero attached hydrogens (tertiary/aromatic N) is 2. The molecule has 11 heavy (non-hydrogen) atoms. The Morgan fingerprint density at radius 2 is 2.36 bits per heavy atom. The second-order valence-corrected chi connectivity index (χ2v) is 2.18. The van der Waals surface area contributed by atoms with Crippen molar-refractivity contribution in [1.29, 1.82) is 0 Å². The van der Waals surface area contributed by atoms with Gasteiger partial charge in [-0.05, 0) is 0 Å². The lowest BCUT2D eigenvalue weighted by Crippen LogP contribution is -2.21. The average molecular weight is 156 g/mol. The minimum Gasteiger partial charge on any atom is -0.424 e. The van der Waals surface area contributed by atoms with Crippen LogP contribution in [0.3, 0.4) is 0 Å². The van der Waals surface area contributed by atoms with E-state index in [0.29, 0.717) is 24.9 Å². The van der Waals surface area contributed by atoms with Crippen LogP contribution in [0.1, 0.15) is 11.8 Å². The van der Waals surface area contributed by atoms with Crippen molar-refractivity contribution in [3.8, 4) is 0 Å². The molecular weight excluding hydrogens is 144 g/mol. The van der Waals surface area contributed by atoms with E-state index in [1.54, 1.807) is 6.92 Å². The molecule has 0 aliphatic rings. The maximum absolute atomic E-state index is 5.27. The van der Waals surface area contributed by atoms with Gasteiger partial charge < -0.3 is 15.5 Å². The summed E-state index contributed by atoms with van der Waals surface area (Å²) in [7, 11) is 0. The third kappa shape index (κ3) is 2.65. The highest BCUT2D eigenvalue weighted by Gasteiger charge is 1.99. The summed E-state index contributed by atoms with van der Waals surface area (Å²) in [6.45, 7) is 3.74. The third-order valence-electron chi connectivity index (χ3n) is 1.17. The van der Waals surface area contributed by atoms with E-state index in [-0.39, 0.29) is 0 Å². The zero-order valence-electron chi connectivity index (χ0n) is 6.50. The molecule has 3 N–H and O–H groups in total. The topological polar surface area (TPSA) is 77.0 Å². The van der Waals surface area contributed by atoms with Gasteiger partial charge in [-0.2, -0.15) is 0 Å². The lowest BCUT2D eigenvalue weighted by molar-refractivity contribution is 0.448. The van der Waals surface area contributed by atoms with Crippen LogP contribution < -0.4 is 11.1 Å². The molecule has 0 amide bonds. The third-order valence-corrected chi connectivity index (χ3v) is 1.17. The van der Waals surface area contributed by atoms with E-state index in [2.05, 4.69) is 15.5 Å². The zero-order valence-corrected chi connectivity index (χ0v) is 6.50. The Labute approximate surface area is 65.0 Å². The number of aromatic nitrogens is 2. The molecule has 1 rings (SSSR count). The predicted octanol–water partition coefficient (Wildman–Crippen LogP) is -0.574. The van der Waals surface area contributed by atoms with Crippen LogP contribution in [0.2, 0.25) is 0 Å². The Hall–Kier alpha value is -0.940. The first kappa shape index (κ1) is 8.16. The number of aryl methyl sites for hydroxylation is 1. The van der Waals surface area contributed by atoms with Gasteiger partial charge in [-0.15, -0.1) is 10.2 Å². The Kier molecular flexibility index (Phi) is 3.00. The predicted molar refractivity (Wildman–Crippen MR) is 39.8 cm³/mol. The van der Waals surface area contributed by atoms with Gasteiger partial charge in [0.25, 0.3) is 0 Å². The van der Waals surface area contributed by atoms with Gasteiger partial charge in [0.1, 0.15) is 0 Å². The summed E-state index contributed by atoms with van der Waals surface area (Å²) in [5.74, 6) is 1.20. The summed E-state index contributed by atoms with van der Waals surface area (Å²) in [6.07, 6.45) is 0. The molecule has 0 aliphatic carbocycles. The second kappa shape index (κ2) is 4.05. The molecule has 1 heterocycles. The van der Waals surface area contributed by atoms with Crippen molar-refractivity contribution >= 4 is 0 Å². The summed E-state index contributed by atoms with van der Waals surface area (Å²) in [5.41, 5.74) is 5.27. The molecule has 5 heteroatoms. The summed E-state index contributed by atoms with van der Waals surface area (Å²) in [4.78, 5) is 0. The van der Waals surface area contributed by atoms with Crippen LogP contribution in [-0.4, -0.2) is 23.3 Å². The van der Waals surface area contributed by atoms with Crippen LogP contribution >= 0.6 is 0 Å². The zero-order chi connectivity index (χ0) is 8.10. The van der Waals surface area contributed by atoms with E-state index in [1.807, 2.05) is 0 Å². The summed E-state index contributed by atoms with van der Waals surface area (Å²) in [5, 5.41) is 10.5. The molecule has 0 unspecified atom stereocenters. The normalized spacial score (nSPS) is 10.4. The number of nitrogens with one attached hydrogen (secondary N) is 1. The molecule has 62 valence electrons. The first-order valence-corrected chi connectivity index (χ1v) is 3.52. The fourth-order valence-electron chi connectivity index (χ4n) is 0.706. The summed E-state index contributed by atoms with van der Waals surface area (Å²) < 4.78 is 5.10. The number of nitrogens with two attached hydrogens (primary N) is 1. The van der Waals surface area contributed by atoms with Crippen LogP contribution in [0, 0.1) is 6.92 Å². The maximum Gasteiger partial charge on any atom is 0.230 e. The molecule has 0 fully saturated rings. The molecule has 0 radical (unpaired) electrons. The second-order valence-electron chi connectivity index (χ2n) is 2.18. The molecule has 0 aromatic carbocycles. The summed E-state index contributed by atoms with van der Waals surface area (Å²) in [6, 6.07) is 0. The number of hydrogen-bond acceptors (Lipinski definition) is 5. The first-order chi connectivity index (χ1) is 5.33. The van der Waals surface area contributed by atoms with Crippen LogP contribution in [0.15, 0.2) is 4.42 Å². The van der Waals surface area contributed by atoms with Crippen molar-refractivity contribution in [2.24, 2.45) is 5.73 Å². The Bertz CT molecular complexity index is 210. The lowest BCUT2D eigenvalue weighted by atomic mass is 10.6. The minimum atomic E-state index is 0.592. The van der Waals surface area contributed by atoms with E-state index >= 15 is 0 Å². The Balaban J connectivity index is 2.27. The monoisotopic (exact) mass is 156 g/mol. The molecule has 0 saturated carbocycles. The average Bonchev–Trinajstić information content (AvgIpc) is 2.37. The van der Waals surface area contributed by atoms with Crippen molar-refractivity contribution in [3.63, 3.8) is 0 Å². The standard InChI is InChI=1S/C6H12N4O/c1-5-9-10-6(11-5)4-8-3-2-7/h8H,2-4,7H2,1H3. The van der Waals surface area contributed by atoms with Gasteiger partial charge in [-0.3, -0.25) is 0 Å². The number of rotatable bonds is 4. The van der Waals surface area contributed by atoms with Gasteiger partial charge in [-0.1, -0.05) is 0 Å².